The van der Waals surface area contributed by atoms with Crippen molar-refractivity contribution < 1.29 is 19.2 Å². The van der Waals surface area contributed by atoms with Crippen LogP contribution in [0.25, 0.3) is 0 Å². The number of carbonyl (C=O) groups is 1. The highest BCUT2D eigenvalue weighted by Crippen LogP contribution is 2.28. The lowest BCUT2D eigenvalue weighted by atomic mass is 10.1. The summed E-state index contributed by atoms with van der Waals surface area (Å²) in [5, 5.41) is 13.7. The number of hydrogen-bond acceptors (Lipinski definition) is 6. The summed E-state index contributed by atoms with van der Waals surface area (Å²) in [4.78, 5) is 22.5. The van der Waals surface area contributed by atoms with E-state index in [1.807, 2.05) is 0 Å². The van der Waals surface area contributed by atoms with Crippen molar-refractivity contribution in [1.82, 2.24) is 0 Å². The lowest BCUT2D eigenvalue weighted by Crippen LogP contribution is -1.99. The Bertz CT molecular complexity index is 836. The van der Waals surface area contributed by atoms with Gasteiger partial charge in [0.25, 0.3) is 5.69 Å². The number of benzene rings is 2. The number of nitro benzene ring substituents is 1. The first-order valence-electron chi connectivity index (χ1n) is 7.09. The van der Waals surface area contributed by atoms with E-state index in [-0.39, 0.29) is 16.5 Å². The fourth-order valence-corrected chi connectivity index (χ4v) is 2.23. The van der Waals surface area contributed by atoms with Gasteiger partial charge in [-0.1, -0.05) is 11.6 Å². The second kappa shape index (κ2) is 8.16. The van der Waals surface area contributed by atoms with E-state index in [1.165, 1.54) is 38.6 Å². The number of nitrogens with zero attached hydrogens (tertiary/aromatic N) is 1. The molecule has 7 nitrogen and oxygen atoms in total. The minimum absolute atomic E-state index is 0.0425. The molecular weight excluding hydrogens is 348 g/mol. The average Bonchev–Trinajstić information content (AvgIpc) is 2.62. The van der Waals surface area contributed by atoms with Gasteiger partial charge < -0.3 is 14.8 Å². The summed E-state index contributed by atoms with van der Waals surface area (Å²) in [6.07, 6.45) is 2.70. The van der Waals surface area contributed by atoms with Crippen molar-refractivity contribution in [3.63, 3.8) is 0 Å². The van der Waals surface area contributed by atoms with Crippen molar-refractivity contribution in [2.24, 2.45) is 0 Å². The number of hydrogen-bond donors (Lipinski definition) is 1. The summed E-state index contributed by atoms with van der Waals surface area (Å²) in [5.41, 5.74) is 0.636. The first-order valence-corrected chi connectivity index (χ1v) is 7.47. The van der Waals surface area contributed by atoms with Gasteiger partial charge in [-0.2, -0.15) is 0 Å². The van der Waals surface area contributed by atoms with E-state index in [0.717, 1.165) is 0 Å². The fourth-order valence-electron chi connectivity index (χ4n) is 2.04. The fraction of sp³-hybridized carbons (Fsp3) is 0.118. The Morgan fingerprint density at radius 1 is 1.16 bits per heavy atom. The van der Waals surface area contributed by atoms with Gasteiger partial charge in [-0.3, -0.25) is 14.9 Å². The molecule has 2 rings (SSSR count). The number of ketones is 1. The first kappa shape index (κ1) is 18.3. The largest absolute Gasteiger partial charge is 0.493 e. The van der Waals surface area contributed by atoms with E-state index in [4.69, 9.17) is 21.1 Å². The molecule has 0 spiro atoms. The Balaban J connectivity index is 2.11. The lowest BCUT2D eigenvalue weighted by Gasteiger charge is -2.08. The monoisotopic (exact) mass is 362 g/mol. The SMILES string of the molecule is COc1ccc(C(=O)/C=C/Nc2ccc(Cl)c([N+](=O)[O-])c2)cc1OC. The molecule has 0 unspecified atom stereocenters. The molecule has 0 fully saturated rings. The van der Waals surface area contributed by atoms with Crippen molar-refractivity contribution in [1.29, 1.82) is 0 Å². The summed E-state index contributed by atoms with van der Waals surface area (Å²) >= 11 is 5.75. The number of nitrogens with one attached hydrogen (secondary N) is 1. The predicted molar refractivity (Wildman–Crippen MR) is 94.7 cm³/mol. The molecular formula is C17H15ClN2O5. The topological polar surface area (TPSA) is 90.7 Å². The van der Waals surface area contributed by atoms with Crippen LogP contribution in [0.15, 0.2) is 48.7 Å². The third kappa shape index (κ3) is 4.48. The summed E-state index contributed by atoms with van der Waals surface area (Å²) in [6, 6.07) is 9.08. The third-order valence-corrected chi connectivity index (χ3v) is 3.62. The standard InChI is InChI=1S/C17H15ClN2O5/c1-24-16-6-3-11(9-17(16)25-2)15(21)7-8-19-12-4-5-13(18)14(10-12)20(22)23/h3-10,19H,1-2H3/b8-7+. The van der Waals surface area contributed by atoms with Crippen LogP contribution < -0.4 is 14.8 Å². The average molecular weight is 363 g/mol. The van der Waals surface area contributed by atoms with E-state index < -0.39 is 4.92 Å². The van der Waals surface area contributed by atoms with Crippen molar-refractivity contribution >= 4 is 28.8 Å². The molecule has 2 aromatic rings. The molecule has 130 valence electrons. The highest BCUT2D eigenvalue weighted by molar-refractivity contribution is 6.32. The van der Waals surface area contributed by atoms with Crippen LogP contribution in [0.3, 0.4) is 0 Å². The maximum atomic E-state index is 12.2. The summed E-state index contributed by atoms with van der Waals surface area (Å²) in [7, 11) is 2.99. The molecule has 0 amide bonds. The van der Waals surface area contributed by atoms with Crippen LogP contribution in [-0.2, 0) is 0 Å². The molecule has 0 aromatic heterocycles. The highest BCUT2D eigenvalue weighted by Gasteiger charge is 2.12. The normalized spacial score (nSPS) is 10.5. The molecule has 8 heteroatoms. The van der Waals surface area contributed by atoms with Gasteiger partial charge in [0, 0.05) is 29.6 Å². The van der Waals surface area contributed by atoms with E-state index >= 15 is 0 Å². The van der Waals surface area contributed by atoms with Crippen molar-refractivity contribution in [3.05, 3.63) is 69.4 Å². The smallest absolute Gasteiger partial charge is 0.289 e. The van der Waals surface area contributed by atoms with E-state index in [2.05, 4.69) is 5.32 Å². The van der Waals surface area contributed by atoms with Gasteiger partial charge in [-0.25, -0.2) is 0 Å². The summed E-state index contributed by atoms with van der Waals surface area (Å²) in [6.45, 7) is 0. The van der Waals surface area contributed by atoms with E-state index in [9.17, 15) is 14.9 Å². The molecule has 1 N–H and O–H groups in total. The minimum atomic E-state index is -0.577. The Labute approximate surface area is 149 Å². The van der Waals surface area contributed by atoms with Crippen molar-refractivity contribution in [3.8, 4) is 11.5 Å². The second-order valence-electron chi connectivity index (χ2n) is 4.83. The summed E-state index contributed by atoms with van der Waals surface area (Å²) < 4.78 is 10.3. The number of allylic oxidation sites excluding steroid dienone is 1. The number of nitro groups is 1. The van der Waals surface area contributed by atoms with Crippen molar-refractivity contribution in [2.45, 2.75) is 0 Å². The molecule has 25 heavy (non-hydrogen) atoms. The first-order chi connectivity index (χ1) is 12.0. The molecule has 0 heterocycles. The Morgan fingerprint density at radius 2 is 1.88 bits per heavy atom. The molecule has 0 atom stereocenters. The molecule has 0 aliphatic carbocycles. The van der Waals surface area contributed by atoms with Gasteiger partial charge in [0.15, 0.2) is 17.3 Å². The van der Waals surface area contributed by atoms with Crippen molar-refractivity contribution in [2.75, 3.05) is 19.5 Å². The van der Waals surface area contributed by atoms with Crippen LogP contribution in [0.5, 0.6) is 11.5 Å². The van der Waals surface area contributed by atoms with Crippen LogP contribution >= 0.6 is 11.6 Å². The second-order valence-corrected chi connectivity index (χ2v) is 5.24. The maximum absolute atomic E-state index is 12.2. The number of carbonyl (C=O) groups excluding carboxylic acids is 1. The number of rotatable bonds is 7. The Kier molecular flexibility index (Phi) is 5.97. The Morgan fingerprint density at radius 3 is 2.52 bits per heavy atom. The van der Waals surface area contributed by atoms with Crippen LogP contribution in [0, 0.1) is 10.1 Å². The van der Waals surface area contributed by atoms with Crippen LogP contribution in [-0.4, -0.2) is 24.9 Å². The molecule has 2 aromatic carbocycles. The third-order valence-electron chi connectivity index (χ3n) is 3.30. The summed E-state index contributed by atoms with van der Waals surface area (Å²) in [5.74, 6) is 0.703. The number of halogens is 1. The van der Waals surface area contributed by atoms with Gasteiger partial charge in [0.05, 0.1) is 19.1 Å². The lowest BCUT2D eigenvalue weighted by molar-refractivity contribution is -0.384. The number of methoxy groups -OCH3 is 2. The van der Waals surface area contributed by atoms with E-state index in [1.54, 1.807) is 24.3 Å². The zero-order chi connectivity index (χ0) is 18.4. The zero-order valence-corrected chi connectivity index (χ0v) is 14.2. The maximum Gasteiger partial charge on any atom is 0.289 e. The molecule has 0 saturated heterocycles. The van der Waals surface area contributed by atoms with Gasteiger partial charge in [0.1, 0.15) is 5.02 Å². The molecule has 0 aliphatic heterocycles. The molecule has 0 bridgehead atoms. The van der Waals surface area contributed by atoms with Crippen LogP contribution in [0.1, 0.15) is 10.4 Å². The Hall–Kier alpha value is -3.06. The van der Waals surface area contributed by atoms with E-state index in [0.29, 0.717) is 22.7 Å². The predicted octanol–water partition coefficient (Wildman–Crippen LogP) is 4.07. The van der Waals surface area contributed by atoms with Gasteiger partial charge in [0.2, 0.25) is 0 Å². The number of ether oxygens (including phenoxy) is 2. The van der Waals surface area contributed by atoms with Crippen LogP contribution in [0.4, 0.5) is 11.4 Å². The molecule has 0 saturated carbocycles. The molecule has 0 radical (unpaired) electrons. The van der Waals surface area contributed by atoms with Crippen LogP contribution in [0.2, 0.25) is 5.02 Å². The quantitative estimate of drug-likeness (QED) is 0.345. The molecule has 0 aliphatic rings. The highest BCUT2D eigenvalue weighted by atomic mass is 35.5. The van der Waals surface area contributed by atoms with Gasteiger partial charge >= 0.3 is 0 Å². The van der Waals surface area contributed by atoms with Gasteiger partial charge in [-0.15, -0.1) is 0 Å². The van der Waals surface area contributed by atoms with Gasteiger partial charge in [-0.05, 0) is 30.3 Å². The zero-order valence-electron chi connectivity index (χ0n) is 13.5. The minimum Gasteiger partial charge on any atom is -0.493 e. The number of anilines is 1.